The molecule has 0 heterocycles. The minimum atomic E-state index is -0.890. The van der Waals surface area contributed by atoms with Crippen LogP contribution >= 0.6 is 23.8 Å². The average molecular weight is 500 g/mol. The second-order valence-electron chi connectivity index (χ2n) is 6.71. The lowest BCUT2D eigenvalue weighted by molar-refractivity contribution is -0.394. The monoisotopic (exact) mass is 499 g/mol. The zero-order valence-corrected chi connectivity index (χ0v) is 18.6. The van der Waals surface area contributed by atoms with Crippen LogP contribution in [0, 0.1) is 20.2 Å². The van der Waals surface area contributed by atoms with Crippen LogP contribution in [0.5, 0.6) is 0 Å². The highest BCUT2D eigenvalue weighted by atomic mass is 35.5. The van der Waals surface area contributed by atoms with Crippen LogP contribution in [0.3, 0.4) is 0 Å². The molecular formula is C21H14ClN5O6S. The molecule has 3 aromatic carbocycles. The van der Waals surface area contributed by atoms with E-state index in [9.17, 15) is 29.8 Å². The fourth-order valence-corrected chi connectivity index (χ4v) is 3.18. The molecule has 0 saturated heterocycles. The molecular weight excluding hydrogens is 486 g/mol. The van der Waals surface area contributed by atoms with Gasteiger partial charge in [0.15, 0.2) is 5.11 Å². The van der Waals surface area contributed by atoms with Crippen molar-refractivity contribution in [2.45, 2.75) is 0 Å². The first-order chi connectivity index (χ1) is 16.1. The van der Waals surface area contributed by atoms with Crippen LogP contribution in [0.4, 0.5) is 22.7 Å². The van der Waals surface area contributed by atoms with Crippen molar-refractivity contribution in [1.29, 1.82) is 0 Å². The number of benzene rings is 3. The zero-order chi connectivity index (χ0) is 24.8. The van der Waals surface area contributed by atoms with Crippen molar-refractivity contribution < 1.29 is 19.4 Å². The Morgan fingerprint density at radius 3 is 1.94 bits per heavy atom. The number of nitrogens with one attached hydrogen (secondary N) is 3. The number of hydrogen-bond donors (Lipinski definition) is 3. The van der Waals surface area contributed by atoms with E-state index in [0.717, 1.165) is 18.2 Å². The first-order valence-corrected chi connectivity index (χ1v) is 10.1. The Balaban J connectivity index is 1.69. The largest absolute Gasteiger partial charge is 0.332 e. The highest BCUT2D eigenvalue weighted by molar-refractivity contribution is 7.80. The number of anilines is 2. The molecule has 3 N–H and O–H groups in total. The number of nitro benzene ring substituents is 2. The summed E-state index contributed by atoms with van der Waals surface area (Å²) < 4.78 is 0. The Bertz CT molecular complexity index is 1300. The van der Waals surface area contributed by atoms with E-state index in [1.54, 1.807) is 42.5 Å². The molecule has 0 aliphatic carbocycles. The van der Waals surface area contributed by atoms with E-state index in [4.69, 9.17) is 23.8 Å². The minimum absolute atomic E-state index is 0.188. The third-order valence-electron chi connectivity index (χ3n) is 4.28. The summed E-state index contributed by atoms with van der Waals surface area (Å²) in [6.45, 7) is 0. The van der Waals surface area contributed by atoms with Crippen molar-refractivity contribution in [2.24, 2.45) is 0 Å². The number of halogens is 1. The number of rotatable bonds is 6. The van der Waals surface area contributed by atoms with Gasteiger partial charge in [0.25, 0.3) is 23.2 Å². The van der Waals surface area contributed by atoms with Gasteiger partial charge in [0, 0.05) is 34.1 Å². The number of nitrogens with zero attached hydrogens (tertiary/aromatic N) is 2. The van der Waals surface area contributed by atoms with Gasteiger partial charge in [0.05, 0.1) is 21.5 Å². The third kappa shape index (κ3) is 6.31. The Hall–Kier alpha value is -4.42. The van der Waals surface area contributed by atoms with Gasteiger partial charge >= 0.3 is 0 Å². The van der Waals surface area contributed by atoms with Gasteiger partial charge in [0.1, 0.15) is 0 Å². The Kier molecular flexibility index (Phi) is 7.46. The van der Waals surface area contributed by atoms with E-state index in [1.807, 2.05) is 0 Å². The molecule has 0 saturated carbocycles. The summed E-state index contributed by atoms with van der Waals surface area (Å²) in [5.74, 6) is -1.30. The van der Waals surface area contributed by atoms with Crippen molar-refractivity contribution in [3.63, 3.8) is 0 Å². The number of non-ortho nitro benzene ring substituents is 2. The number of nitro groups is 2. The quantitative estimate of drug-likeness (QED) is 0.253. The standard InChI is InChI=1S/C21H14ClN5O6S/c22-14-4-2-6-16(10-14)23-19(28)12-3-1-5-15(7-12)24-21(34)25-20(29)13-8-17(26(30)31)11-18(9-13)27(32)33/h1-11H,(H,23,28)(H2,24,25,29,34). The molecule has 0 unspecified atom stereocenters. The van der Waals surface area contributed by atoms with Crippen LogP contribution in [0.2, 0.25) is 5.02 Å². The van der Waals surface area contributed by atoms with Crippen LogP contribution in [-0.4, -0.2) is 26.8 Å². The first kappa shape index (κ1) is 24.2. The summed E-state index contributed by atoms with van der Waals surface area (Å²) in [6, 6.07) is 15.4. The molecule has 34 heavy (non-hydrogen) atoms. The molecule has 3 aromatic rings. The zero-order valence-electron chi connectivity index (χ0n) is 17.0. The lowest BCUT2D eigenvalue weighted by Crippen LogP contribution is -2.34. The van der Waals surface area contributed by atoms with Crippen LogP contribution in [-0.2, 0) is 0 Å². The summed E-state index contributed by atoms with van der Waals surface area (Å²) in [4.78, 5) is 45.3. The van der Waals surface area contributed by atoms with Gasteiger partial charge in [-0.3, -0.25) is 35.1 Å². The second kappa shape index (κ2) is 10.5. The van der Waals surface area contributed by atoms with Gasteiger partial charge in [-0.25, -0.2) is 0 Å². The highest BCUT2D eigenvalue weighted by Gasteiger charge is 2.20. The summed E-state index contributed by atoms with van der Waals surface area (Å²) in [7, 11) is 0. The number of carbonyl (C=O) groups is 2. The van der Waals surface area contributed by atoms with Gasteiger partial charge in [-0.1, -0.05) is 23.7 Å². The van der Waals surface area contributed by atoms with Crippen LogP contribution in [0.25, 0.3) is 0 Å². The van der Waals surface area contributed by atoms with Gasteiger partial charge in [-0.05, 0) is 48.6 Å². The molecule has 0 aliphatic rings. The molecule has 0 aliphatic heterocycles. The molecule has 0 bridgehead atoms. The van der Waals surface area contributed by atoms with Crippen LogP contribution in [0.15, 0.2) is 66.7 Å². The SMILES string of the molecule is O=C(NC(=S)Nc1cccc(C(=O)Nc2cccc(Cl)c2)c1)c1cc([N+](=O)[O-])cc([N+](=O)[O-])c1. The van der Waals surface area contributed by atoms with E-state index in [2.05, 4.69) is 16.0 Å². The molecule has 3 rings (SSSR count). The van der Waals surface area contributed by atoms with Gasteiger partial charge in [0.2, 0.25) is 0 Å². The summed E-state index contributed by atoms with van der Waals surface area (Å²) in [5.41, 5.74) is -0.389. The van der Waals surface area contributed by atoms with Crippen LogP contribution in [0.1, 0.15) is 20.7 Å². The fraction of sp³-hybridized carbons (Fsp3) is 0. The molecule has 0 radical (unpaired) electrons. The van der Waals surface area contributed by atoms with Gasteiger partial charge < -0.3 is 10.6 Å². The highest BCUT2D eigenvalue weighted by Crippen LogP contribution is 2.23. The molecule has 0 spiro atoms. The predicted molar refractivity (Wildman–Crippen MR) is 129 cm³/mol. The maximum atomic E-state index is 12.5. The van der Waals surface area contributed by atoms with Gasteiger partial charge in [-0.2, -0.15) is 0 Å². The number of amides is 2. The molecule has 13 heteroatoms. The Morgan fingerprint density at radius 2 is 1.35 bits per heavy atom. The minimum Gasteiger partial charge on any atom is -0.332 e. The van der Waals surface area contributed by atoms with E-state index >= 15 is 0 Å². The maximum absolute atomic E-state index is 12.5. The van der Waals surface area contributed by atoms with Crippen molar-refractivity contribution in [1.82, 2.24) is 5.32 Å². The fourth-order valence-electron chi connectivity index (χ4n) is 2.78. The Labute approximate surface area is 202 Å². The van der Waals surface area contributed by atoms with Crippen LogP contribution < -0.4 is 16.0 Å². The summed E-state index contributed by atoms with van der Waals surface area (Å²) in [5, 5.41) is 30.0. The van der Waals surface area contributed by atoms with E-state index in [-0.39, 0.29) is 16.2 Å². The molecule has 11 nitrogen and oxygen atoms in total. The lowest BCUT2D eigenvalue weighted by atomic mass is 10.1. The number of thiocarbonyl (C=S) groups is 1. The molecule has 0 fully saturated rings. The summed E-state index contributed by atoms with van der Waals surface area (Å²) in [6.07, 6.45) is 0. The van der Waals surface area contributed by atoms with Crippen molar-refractivity contribution >= 4 is 63.5 Å². The Morgan fingerprint density at radius 1 is 0.765 bits per heavy atom. The van der Waals surface area contributed by atoms with Crippen molar-refractivity contribution in [3.8, 4) is 0 Å². The number of hydrogen-bond acceptors (Lipinski definition) is 7. The molecule has 172 valence electrons. The first-order valence-electron chi connectivity index (χ1n) is 9.35. The molecule has 0 atom stereocenters. The molecule has 2 amide bonds. The average Bonchev–Trinajstić information content (AvgIpc) is 2.78. The van der Waals surface area contributed by atoms with E-state index < -0.39 is 33.0 Å². The predicted octanol–water partition coefficient (Wildman–Crippen LogP) is 4.54. The van der Waals surface area contributed by atoms with Crippen molar-refractivity contribution in [3.05, 3.63) is 103 Å². The normalized spacial score (nSPS) is 10.1. The second-order valence-corrected chi connectivity index (χ2v) is 7.55. The van der Waals surface area contributed by atoms with E-state index in [1.165, 1.54) is 6.07 Å². The lowest BCUT2D eigenvalue weighted by Gasteiger charge is -2.11. The number of carbonyl (C=O) groups excluding carboxylic acids is 2. The smallest absolute Gasteiger partial charge is 0.277 e. The maximum Gasteiger partial charge on any atom is 0.277 e. The third-order valence-corrected chi connectivity index (χ3v) is 4.72. The van der Waals surface area contributed by atoms with E-state index in [0.29, 0.717) is 16.4 Å². The molecule has 0 aromatic heterocycles. The summed E-state index contributed by atoms with van der Waals surface area (Å²) >= 11 is 11.0. The topological polar surface area (TPSA) is 157 Å². The van der Waals surface area contributed by atoms with Gasteiger partial charge in [-0.15, -0.1) is 0 Å². The van der Waals surface area contributed by atoms with Crippen molar-refractivity contribution in [2.75, 3.05) is 10.6 Å².